The quantitative estimate of drug-likeness (QED) is 0.407. The van der Waals surface area contributed by atoms with Crippen LogP contribution in [0.5, 0.6) is 0 Å². The number of carboxylic acids is 1. The minimum atomic E-state index is -4.73. The van der Waals surface area contributed by atoms with Gasteiger partial charge in [0.1, 0.15) is 26.4 Å². The van der Waals surface area contributed by atoms with Gasteiger partial charge >= 0.3 is 12.1 Å². The number of nitrogens with zero attached hydrogens (tertiary/aromatic N) is 2. The summed E-state index contributed by atoms with van der Waals surface area (Å²) in [5, 5.41) is 8.76. The number of carbonyl (C=O) groups is 1. The van der Waals surface area contributed by atoms with Crippen LogP contribution in [0.3, 0.4) is 0 Å². The largest absolute Gasteiger partial charge is 0.591 e. The minimum Gasteiger partial charge on any atom is -0.591 e. The molecule has 0 aliphatic carbocycles. The van der Waals surface area contributed by atoms with Gasteiger partial charge in [0.2, 0.25) is 0 Å². The number of carboxylic acid groups (broad SMARTS) is 1. The van der Waals surface area contributed by atoms with Crippen molar-refractivity contribution in [2.24, 2.45) is 10.3 Å². The van der Waals surface area contributed by atoms with Gasteiger partial charge in [0, 0.05) is 6.42 Å². The fourth-order valence-electron chi connectivity index (χ4n) is 1.74. The summed E-state index contributed by atoms with van der Waals surface area (Å²) >= 11 is 1.31. The van der Waals surface area contributed by atoms with Crippen molar-refractivity contribution in [1.29, 1.82) is 0 Å². The zero-order valence-corrected chi connectivity index (χ0v) is 16.2. The van der Waals surface area contributed by atoms with E-state index in [1.807, 2.05) is 0 Å². The molecule has 0 saturated carbocycles. The topological polar surface area (TPSA) is 85.6 Å². The molecule has 5 nitrogen and oxygen atoms in total. The maximum atomic E-state index is 13.2. The number of hydrogen-bond donors (Lipinski definition) is 1. The molecule has 0 spiro atoms. The Morgan fingerprint density at radius 2 is 1.96 bits per heavy atom. The fourth-order valence-corrected chi connectivity index (χ4v) is 2.73. The Morgan fingerprint density at radius 1 is 1.36 bits per heavy atom. The summed E-state index contributed by atoms with van der Waals surface area (Å²) in [4.78, 5) is 14.8. The predicted molar refractivity (Wildman–Crippen MR) is 92.8 cm³/mol. The van der Waals surface area contributed by atoms with Crippen LogP contribution in [-0.4, -0.2) is 37.2 Å². The van der Waals surface area contributed by atoms with Crippen molar-refractivity contribution in [3.63, 3.8) is 0 Å². The number of rotatable bonds is 6. The van der Waals surface area contributed by atoms with Crippen LogP contribution in [0.4, 0.5) is 13.2 Å². The predicted octanol–water partition coefficient (Wildman–Crippen LogP) is 4.14. The summed E-state index contributed by atoms with van der Waals surface area (Å²) in [6.45, 7) is 4.91. The van der Waals surface area contributed by atoms with Gasteiger partial charge in [-0.2, -0.15) is 13.2 Å². The van der Waals surface area contributed by atoms with Gasteiger partial charge in [-0.3, -0.25) is 4.79 Å². The van der Waals surface area contributed by atoms with E-state index in [2.05, 4.69) is 25.3 Å². The third-order valence-corrected chi connectivity index (χ3v) is 4.93. The molecule has 0 bridgehead atoms. The number of aromatic nitrogens is 1. The van der Waals surface area contributed by atoms with Crippen LogP contribution >= 0.6 is 15.9 Å². The van der Waals surface area contributed by atoms with Crippen molar-refractivity contribution in [3.8, 4) is 0 Å². The monoisotopic (exact) mass is 442 g/mol. The highest BCUT2D eigenvalue weighted by molar-refractivity contribution is 9.10. The van der Waals surface area contributed by atoms with Gasteiger partial charge in [-0.25, -0.2) is 4.98 Å². The van der Waals surface area contributed by atoms with Crippen molar-refractivity contribution >= 4 is 39.0 Å². The molecular formula is C15H18BrF3N2O3S. The molecule has 1 rings (SSSR count). The van der Waals surface area contributed by atoms with Gasteiger partial charge in [-0.15, -0.1) is 0 Å². The van der Waals surface area contributed by atoms with Gasteiger partial charge < -0.3 is 9.66 Å². The lowest BCUT2D eigenvalue weighted by Crippen LogP contribution is -2.31. The number of halogens is 4. The van der Waals surface area contributed by atoms with E-state index in [9.17, 15) is 22.5 Å². The standard InChI is InChI=1S/C15H18BrF3N2O3S/c1-14(2,3)25(24)21-11(10-5-4-6-12(16)20-10)7-9(8-13(22)23)15(17,18)19/h4-6,9H,7-8H2,1-3H3,(H,22,23)/t9?,25-/m1/s1. The van der Waals surface area contributed by atoms with E-state index in [-0.39, 0.29) is 11.4 Å². The van der Waals surface area contributed by atoms with Crippen LogP contribution in [0.25, 0.3) is 0 Å². The van der Waals surface area contributed by atoms with Crippen molar-refractivity contribution in [3.05, 3.63) is 28.5 Å². The van der Waals surface area contributed by atoms with Gasteiger partial charge in [-0.05, 0) is 48.8 Å². The number of alkyl halides is 3. The first-order chi connectivity index (χ1) is 11.3. The van der Waals surface area contributed by atoms with Crippen molar-refractivity contribution in [2.75, 3.05) is 0 Å². The lowest BCUT2D eigenvalue weighted by Gasteiger charge is -2.22. The summed E-state index contributed by atoms with van der Waals surface area (Å²) < 4.78 is 55.4. The molecule has 1 aromatic rings. The summed E-state index contributed by atoms with van der Waals surface area (Å²) in [7, 11) is 0. The van der Waals surface area contributed by atoms with E-state index >= 15 is 0 Å². The molecule has 0 aliphatic heterocycles. The summed E-state index contributed by atoms with van der Waals surface area (Å²) in [5.74, 6) is -3.72. The maximum Gasteiger partial charge on any atom is 0.392 e. The highest BCUT2D eigenvalue weighted by Gasteiger charge is 2.42. The molecule has 140 valence electrons. The molecule has 1 unspecified atom stereocenters. The molecule has 0 amide bonds. The Labute approximate surface area is 155 Å². The van der Waals surface area contributed by atoms with E-state index in [1.54, 1.807) is 32.9 Å². The Bertz CT molecular complexity index is 648. The molecule has 25 heavy (non-hydrogen) atoms. The Balaban J connectivity index is 3.30. The van der Waals surface area contributed by atoms with Gasteiger partial charge in [0.25, 0.3) is 0 Å². The van der Waals surface area contributed by atoms with Crippen molar-refractivity contribution in [2.45, 2.75) is 44.5 Å². The van der Waals surface area contributed by atoms with Gasteiger partial charge in [0.15, 0.2) is 0 Å². The lowest BCUT2D eigenvalue weighted by atomic mass is 9.96. The number of pyridine rings is 1. The molecule has 0 aromatic carbocycles. The summed E-state index contributed by atoms with van der Waals surface area (Å²) in [5.41, 5.74) is -0.0234. The SMILES string of the molecule is CC(C)(C)[S@@+]([O-])N=C(CC(CC(=O)O)C(F)(F)F)c1cccc(Br)n1. The van der Waals surface area contributed by atoms with E-state index in [0.29, 0.717) is 4.60 Å². The second kappa shape index (κ2) is 8.50. The second-order valence-corrected chi connectivity index (χ2v) is 9.00. The van der Waals surface area contributed by atoms with E-state index < -0.39 is 47.0 Å². The fraction of sp³-hybridized carbons (Fsp3) is 0.533. The van der Waals surface area contributed by atoms with Gasteiger partial charge in [0.05, 0.1) is 18.0 Å². The van der Waals surface area contributed by atoms with Crippen LogP contribution in [0.15, 0.2) is 27.2 Å². The smallest absolute Gasteiger partial charge is 0.392 e. The van der Waals surface area contributed by atoms with Crippen molar-refractivity contribution in [1.82, 2.24) is 4.98 Å². The van der Waals surface area contributed by atoms with Crippen molar-refractivity contribution < 1.29 is 27.6 Å². The first kappa shape index (κ1) is 21.9. The van der Waals surface area contributed by atoms with Crippen LogP contribution in [-0.2, 0) is 16.2 Å². The first-order valence-electron chi connectivity index (χ1n) is 7.21. The average molecular weight is 443 g/mol. The first-order valence-corrected chi connectivity index (χ1v) is 9.11. The maximum absolute atomic E-state index is 13.2. The molecule has 2 atom stereocenters. The summed E-state index contributed by atoms with van der Waals surface area (Å²) in [6.07, 6.45) is -6.55. The number of hydrogen-bond acceptors (Lipinski definition) is 4. The number of aliphatic carboxylic acids is 1. The van der Waals surface area contributed by atoms with Crippen LogP contribution in [0.2, 0.25) is 0 Å². The molecule has 1 heterocycles. The molecular weight excluding hydrogens is 425 g/mol. The molecule has 1 N–H and O–H groups in total. The van der Waals surface area contributed by atoms with E-state index in [1.165, 1.54) is 6.07 Å². The third-order valence-electron chi connectivity index (χ3n) is 3.05. The molecule has 0 aliphatic rings. The molecule has 0 saturated heterocycles. The Kier molecular flexibility index (Phi) is 7.45. The zero-order valence-electron chi connectivity index (χ0n) is 13.8. The molecule has 0 radical (unpaired) electrons. The lowest BCUT2D eigenvalue weighted by molar-refractivity contribution is -0.181. The van der Waals surface area contributed by atoms with Gasteiger partial charge in [-0.1, -0.05) is 10.5 Å². The molecule has 10 heteroatoms. The molecule has 0 fully saturated rings. The summed E-state index contributed by atoms with van der Waals surface area (Å²) in [6, 6.07) is 4.58. The van der Waals surface area contributed by atoms with Crippen LogP contribution in [0.1, 0.15) is 39.3 Å². The normalized spacial score (nSPS) is 15.8. The average Bonchev–Trinajstić information content (AvgIpc) is 2.43. The van der Waals surface area contributed by atoms with Crippen LogP contribution in [0, 0.1) is 5.92 Å². The molecule has 1 aromatic heterocycles. The Hall–Kier alpha value is -1.13. The van der Waals surface area contributed by atoms with E-state index in [4.69, 9.17) is 5.11 Å². The van der Waals surface area contributed by atoms with Crippen LogP contribution < -0.4 is 0 Å². The zero-order chi connectivity index (χ0) is 19.4. The minimum absolute atomic E-state index is 0.117. The van der Waals surface area contributed by atoms with E-state index in [0.717, 1.165) is 0 Å². The Morgan fingerprint density at radius 3 is 2.40 bits per heavy atom. The highest BCUT2D eigenvalue weighted by atomic mass is 79.9. The second-order valence-electron chi connectivity index (χ2n) is 6.29. The highest BCUT2D eigenvalue weighted by Crippen LogP contribution is 2.33. The third kappa shape index (κ3) is 7.33.